The van der Waals surface area contributed by atoms with E-state index in [1.807, 2.05) is 6.92 Å². The van der Waals surface area contributed by atoms with Gasteiger partial charge in [0.15, 0.2) is 0 Å². The highest BCUT2D eigenvalue weighted by Crippen LogP contribution is 2.35. The molecule has 1 heterocycles. The maximum Gasteiger partial charge on any atom is 0.252 e. The van der Waals surface area contributed by atoms with Gasteiger partial charge in [-0.1, -0.05) is 41.1 Å². The Hall–Kier alpha value is -2.03. The summed E-state index contributed by atoms with van der Waals surface area (Å²) in [6.07, 6.45) is 0.291. The van der Waals surface area contributed by atoms with Crippen LogP contribution in [0.3, 0.4) is 0 Å². The molecule has 0 aliphatic carbocycles. The molecular formula is C21H23BrN2O4S. The van der Waals surface area contributed by atoms with Crippen LogP contribution in [0.1, 0.15) is 33.6 Å². The summed E-state index contributed by atoms with van der Waals surface area (Å²) in [5, 5.41) is 0. The molecule has 0 bridgehead atoms. The highest BCUT2D eigenvalue weighted by Gasteiger charge is 2.51. The van der Waals surface area contributed by atoms with Gasteiger partial charge in [0.1, 0.15) is 6.04 Å². The number of sulfonamides is 1. The van der Waals surface area contributed by atoms with Crippen LogP contribution in [-0.2, 0) is 19.6 Å². The van der Waals surface area contributed by atoms with Gasteiger partial charge in [-0.05, 0) is 56.7 Å². The van der Waals surface area contributed by atoms with Gasteiger partial charge in [0.25, 0.3) is 5.91 Å². The number of nitrogens with zero attached hydrogens (tertiary/aromatic N) is 2. The van der Waals surface area contributed by atoms with Crippen molar-refractivity contribution in [2.24, 2.45) is 0 Å². The molecular weight excluding hydrogens is 456 g/mol. The fourth-order valence-electron chi connectivity index (χ4n) is 3.44. The Labute approximate surface area is 179 Å². The van der Waals surface area contributed by atoms with E-state index in [1.54, 1.807) is 56.3 Å². The summed E-state index contributed by atoms with van der Waals surface area (Å²) in [5.74, 6) is -0.944. The minimum absolute atomic E-state index is 0.101. The number of rotatable bonds is 6. The van der Waals surface area contributed by atoms with Crippen molar-refractivity contribution in [1.29, 1.82) is 0 Å². The Kier molecular flexibility index (Phi) is 5.98. The summed E-state index contributed by atoms with van der Waals surface area (Å²) in [6.45, 7) is 5.41. The number of halogens is 1. The molecule has 8 heteroatoms. The van der Waals surface area contributed by atoms with Gasteiger partial charge in [-0.25, -0.2) is 13.3 Å². The average molecular weight is 479 g/mol. The molecule has 0 N–H and O–H groups in total. The van der Waals surface area contributed by atoms with Crippen molar-refractivity contribution in [2.75, 3.05) is 4.90 Å². The molecule has 1 fully saturated rings. The summed E-state index contributed by atoms with van der Waals surface area (Å²) in [5.41, 5.74) is -0.428. The lowest BCUT2D eigenvalue weighted by Gasteiger charge is -2.39. The van der Waals surface area contributed by atoms with Crippen molar-refractivity contribution in [1.82, 2.24) is 4.31 Å². The highest BCUT2D eigenvalue weighted by atomic mass is 79.9. The Bertz CT molecular complexity index is 1020. The van der Waals surface area contributed by atoms with Crippen molar-refractivity contribution < 1.29 is 18.0 Å². The predicted octanol–water partition coefficient (Wildman–Crippen LogP) is 3.96. The summed E-state index contributed by atoms with van der Waals surface area (Å²) in [4.78, 5) is 27.2. The molecule has 0 aromatic heterocycles. The van der Waals surface area contributed by atoms with Crippen LogP contribution in [0.2, 0.25) is 0 Å². The molecule has 1 atom stereocenters. The Morgan fingerprint density at radius 2 is 1.66 bits per heavy atom. The lowest BCUT2D eigenvalue weighted by molar-refractivity contribution is -0.122. The van der Waals surface area contributed by atoms with Gasteiger partial charge in [-0.2, -0.15) is 4.31 Å². The van der Waals surface area contributed by atoms with Crippen LogP contribution in [-0.4, -0.2) is 36.1 Å². The minimum atomic E-state index is -4.00. The zero-order chi connectivity index (χ0) is 21.4. The van der Waals surface area contributed by atoms with Gasteiger partial charge in [0.05, 0.1) is 17.0 Å². The fourth-order valence-corrected chi connectivity index (χ4v) is 5.71. The molecule has 6 nitrogen and oxygen atoms in total. The zero-order valence-corrected chi connectivity index (χ0v) is 18.9. The number of carbonyl (C=O) groups is 2. The second-order valence-corrected chi connectivity index (χ2v) is 10.3. The first-order chi connectivity index (χ1) is 13.6. The number of imide groups is 1. The van der Waals surface area contributed by atoms with Gasteiger partial charge in [0.2, 0.25) is 15.9 Å². The average Bonchev–Trinajstić information content (AvgIpc) is 2.97. The predicted molar refractivity (Wildman–Crippen MR) is 115 cm³/mol. The Morgan fingerprint density at radius 3 is 2.21 bits per heavy atom. The van der Waals surface area contributed by atoms with Crippen LogP contribution in [0.5, 0.6) is 0 Å². The van der Waals surface area contributed by atoms with Crippen molar-refractivity contribution in [3.05, 3.63) is 59.1 Å². The van der Waals surface area contributed by atoms with Crippen LogP contribution in [0, 0.1) is 0 Å². The first-order valence-electron chi connectivity index (χ1n) is 9.31. The Balaban J connectivity index is 2.07. The molecule has 3 rings (SSSR count). The van der Waals surface area contributed by atoms with Gasteiger partial charge in [-0.3, -0.25) is 9.59 Å². The number of hydrogen-bond donors (Lipinski definition) is 0. The maximum atomic E-state index is 13.5. The number of amides is 2. The fraction of sp³-hybridized carbons (Fsp3) is 0.333. The second-order valence-electron chi connectivity index (χ2n) is 7.54. The molecule has 2 amide bonds. The third-order valence-corrected chi connectivity index (χ3v) is 7.92. The summed E-state index contributed by atoms with van der Waals surface area (Å²) in [6, 6.07) is 13.7. The molecule has 1 saturated heterocycles. The van der Waals surface area contributed by atoms with Crippen molar-refractivity contribution in [3.63, 3.8) is 0 Å². The first kappa shape index (κ1) is 21.7. The molecule has 1 aliphatic heterocycles. The number of benzene rings is 2. The second kappa shape index (κ2) is 8.01. The molecule has 29 heavy (non-hydrogen) atoms. The molecule has 1 unspecified atom stereocenters. The molecule has 2 aromatic rings. The Morgan fingerprint density at radius 1 is 1.07 bits per heavy atom. The van der Waals surface area contributed by atoms with Crippen LogP contribution in [0.4, 0.5) is 5.69 Å². The van der Waals surface area contributed by atoms with Crippen molar-refractivity contribution in [2.45, 2.75) is 50.1 Å². The topological polar surface area (TPSA) is 74.8 Å². The van der Waals surface area contributed by atoms with Crippen LogP contribution < -0.4 is 4.90 Å². The monoisotopic (exact) mass is 478 g/mol. The third-order valence-electron chi connectivity index (χ3n) is 5.25. The van der Waals surface area contributed by atoms with E-state index in [0.29, 0.717) is 12.1 Å². The van der Waals surface area contributed by atoms with Gasteiger partial charge in [0, 0.05) is 10.0 Å². The summed E-state index contributed by atoms with van der Waals surface area (Å²) >= 11 is 3.33. The van der Waals surface area contributed by atoms with E-state index < -0.39 is 33.4 Å². The number of carbonyl (C=O) groups excluding carboxylic acids is 2. The van der Waals surface area contributed by atoms with E-state index >= 15 is 0 Å². The van der Waals surface area contributed by atoms with E-state index in [0.717, 1.165) is 9.37 Å². The van der Waals surface area contributed by atoms with E-state index in [9.17, 15) is 18.0 Å². The molecule has 0 radical (unpaired) electrons. The molecule has 0 saturated carbocycles. The molecule has 154 valence electrons. The summed E-state index contributed by atoms with van der Waals surface area (Å²) < 4.78 is 29.0. The SMILES string of the molecule is CCC(C)(C)N(C1CC(=O)N(c2ccc(Br)cc2)C1=O)S(=O)(=O)c1ccccc1. The van der Waals surface area contributed by atoms with Crippen LogP contribution in [0.15, 0.2) is 64.0 Å². The zero-order valence-electron chi connectivity index (χ0n) is 16.5. The quantitative estimate of drug-likeness (QED) is 0.588. The van der Waals surface area contributed by atoms with Crippen LogP contribution >= 0.6 is 15.9 Å². The van der Waals surface area contributed by atoms with Crippen LogP contribution in [0.25, 0.3) is 0 Å². The van der Waals surface area contributed by atoms with Gasteiger partial charge >= 0.3 is 0 Å². The molecule has 0 spiro atoms. The van der Waals surface area contributed by atoms with E-state index in [2.05, 4.69) is 15.9 Å². The summed E-state index contributed by atoms with van der Waals surface area (Å²) in [7, 11) is -4.00. The van der Waals surface area contributed by atoms with Crippen molar-refractivity contribution in [3.8, 4) is 0 Å². The van der Waals surface area contributed by atoms with E-state index in [1.165, 1.54) is 16.4 Å². The minimum Gasteiger partial charge on any atom is -0.274 e. The maximum absolute atomic E-state index is 13.5. The van der Waals surface area contributed by atoms with Gasteiger partial charge in [-0.15, -0.1) is 0 Å². The number of anilines is 1. The van der Waals surface area contributed by atoms with E-state index in [-0.39, 0.29) is 11.3 Å². The number of hydrogen-bond acceptors (Lipinski definition) is 4. The van der Waals surface area contributed by atoms with E-state index in [4.69, 9.17) is 0 Å². The molecule has 1 aliphatic rings. The van der Waals surface area contributed by atoms with Crippen molar-refractivity contribution >= 4 is 43.5 Å². The lowest BCUT2D eigenvalue weighted by atomic mass is 10.00. The lowest BCUT2D eigenvalue weighted by Crippen LogP contribution is -2.55. The largest absolute Gasteiger partial charge is 0.274 e. The third kappa shape index (κ3) is 4.01. The standard InChI is InChI=1S/C21H23BrN2O4S/c1-4-21(2,3)24(29(27,28)17-8-6-5-7-9-17)18-14-19(25)23(20(18)26)16-12-10-15(22)11-13-16/h5-13,18H,4,14H2,1-3H3. The highest BCUT2D eigenvalue weighted by molar-refractivity contribution is 9.10. The van der Waals surface area contributed by atoms with Gasteiger partial charge < -0.3 is 0 Å². The molecule has 2 aromatic carbocycles. The smallest absolute Gasteiger partial charge is 0.252 e. The first-order valence-corrected chi connectivity index (χ1v) is 11.5. The normalized spacial score (nSPS) is 18.0.